The Balaban J connectivity index is 2.26. The summed E-state index contributed by atoms with van der Waals surface area (Å²) in [4.78, 5) is 12.4. The molecule has 0 fully saturated rings. The minimum absolute atomic E-state index is 0.134. The number of benzene rings is 2. The van der Waals surface area contributed by atoms with Crippen LogP contribution in [0.25, 0.3) is 0 Å². The number of rotatable bonds is 4. The van der Waals surface area contributed by atoms with Crippen LogP contribution in [0.3, 0.4) is 0 Å². The molecule has 0 aliphatic rings. The highest BCUT2D eigenvalue weighted by Gasteiger charge is 2.11. The maximum absolute atomic E-state index is 12.4. The molecule has 0 radical (unpaired) electrons. The van der Waals surface area contributed by atoms with Crippen molar-refractivity contribution < 1.29 is 9.53 Å². The SMILES string of the molecule is CCc1cc(Br)ccc1NC(=O)c1ccc(C)c(OC)c1. The van der Waals surface area contributed by atoms with Crippen molar-refractivity contribution in [3.8, 4) is 5.75 Å². The highest BCUT2D eigenvalue weighted by molar-refractivity contribution is 9.10. The van der Waals surface area contributed by atoms with E-state index in [0.29, 0.717) is 11.3 Å². The molecule has 0 aromatic heterocycles. The fourth-order valence-corrected chi connectivity index (χ4v) is 2.54. The molecule has 2 aromatic carbocycles. The van der Waals surface area contributed by atoms with Crippen molar-refractivity contribution >= 4 is 27.5 Å². The summed E-state index contributed by atoms with van der Waals surface area (Å²) in [5.41, 5.74) is 3.52. The molecule has 0 aliphatic carbocycles. The van der Waals surface area contributed by atoms with Crippen molar-refractivity contribution in [2.24, 2.45) is 0 Å². The average Bonchev–Trinajstić information content (AvgIpc) is 2.49. The number of aryl methyl sites for hydroxylation is 2. The first-order valence-electron chi connectivity index (χ1n) is 6.79. The second kappa shape index (κ2) is 6.76. The van der Waals surface area contributed by atoms with Crippen LogP contribution in [0.2, 0.25) is 0 Å². The predicted octanol–water partition coefficient (Wildman–Crippen LogP) is 4.58. The lowest BCUT2D eigenvalue weighted by atomic mass is 10.1. The molecule has 0 heterocycles. The Hall–Kier alpha value is -1.81. The second-order valence-corrected chi connectivity index (χ2v) is 5.71. The average molecular weight is 348 g/mol. The maximum atomic E-state index is 12.4. The van der Waals surface area contributed by atoms with Gasteiger partial charge in [-0.05, 0) is 54.8 Å². The van der Waals surface area contributed by atoms with Crippen LogP contribution in [-0.4, -0.2) is 13.0 Å². The van der Waals surface area contributed by atoms with E-state index in [1.54, 1.807) is 19.2 Å². The number of methoxy groups -OCH3 is 1. The Kier molecular flexibility index (Phi) is 5.02. The summed E-state index contributed by atoms with van der Waals surface area (Å²) >= 11 is 3.45. The zero-order valence-electron chi connectivity index (χ0n) is 12.4. The lowest BCUT2D eigenvalue weighted by Gasteiger charge is -2.12. The first-order valence-corrected chi connectivity index (χ1v) is 7.59. The maximum Gasteiger partial charge on any atom is 0.255 e. The van der Waals surface area contributed by atoms with Crippen molar-refractivity contribution in [3.05, 3.63) is 57.6 Å². The van der Waals surface area contributed by atoms with Crippen molar-refractivity contribution in [2.75, 3.05) is 12.4 Å². The van der Waals surface area contributed by atoms with Crippen molar-refractivity contribution in [1.29, 1.82) is 0 Å². The van der Waals surface area contributed by atoms with Crippen LogP contribution < -0.4 is 10.1 Å². The van der Waals surface area contributed by atoms with E-state index in [-0.39, 0.29) is 5.91 Å². The molecule has 0 saturated heterocycles. The standard InChI is InChI=1S/C17H18BrNO2/c1-4-12-9-14(18)7-8-15(12)19-17(20)13-6-5-11(2)16(10-13)21-3/h5-10H,4H2,1-3H3,(H,19,20). The Morgan fingerprint density at radius 3 is 2.67 bits per heavy atom. The molecule has 2 aromatic rings. The number of amides is 1. The van der Waals surface area contributed by atoms with Gasteiger partial charge in [0.1, 0.15) is 5.75 Å². The third-order valence-corrected chi connectivity index (χ3v) is 3.86. The summed E-state index contributed by atoms with van der Waals surface area (Å²) < 4.78 is 6.27. The normalized spacial score (nSPS) is 10.3. The zero-order chi connectivity index (χ0) is 15.4. The third kappa shape index (κ3) is 3.64. The number of ether oxygens (including phenoxy) is 1. The summed E-state index contributed by atoms with van der Waals surface area (Å²) in [6, 6.07) is 11.3. The van der Waals surface area contributed by atoms with Crippen molar-refractivity contribution in [2.45, 2.75) is 20.3 Å². The minimum Gasteiger partial charge on any atom is -0.496 e. The number of anilines is 1. The van der Waals surface area contributed by atoms with Crippen LogP contribution in [0, 0.1) is 6.92 Å². The number of nitrogens with one attached hydrogen (secondary N) is 1. The Morgan fingerprint density at radius 1 is 1.24 bits per heavy atom. The third-order valence-electron chi connectivity index (χ3n) is 3.37. The van der Waals surface area contributed by atoms with Crippen molar-refractivity contribution in [3.63, 3.8) is 0 Å². The summed E-state index contributed by atoms with van der Waals surface area (Å²) in [6.07, 6.45) is 0.853. The molecule has 1 amide bonds. The Morgan fingerprint density at radius 2 is 2.00 bits per heavy atom. The van der Waals surface area contributed by atoms with E-state index in [4.69, 9.17) is 4.74 Å². The van der Waals surface area contributed by atoms with Crippen LogP contribution in [0.15, 0.2) is 40.9 Å². The lowest BCUT2D eigenvalue weighted by Crippen LogP contribution is -2.13. The molecule has 110 valence electrons. The molecule has 0 bridgehead atoms. The van der Waals surface area contributed by atoms with E-state index in [1.807, 2.05) is 31.2 Å². The van der Waals surface area contributed by atoms with Crippen LogP contribution in [0.5, 0.6) is 5.75 Å². The smallest absolute Gasteiger partial charge is 0.255 e. The second-order valence-electron chi connectivity index (χ2n) is 4.79. The summed E-state index contributed by atoms with van der Waals surface area (Å²) in [6.45, 7) is 4.01. The lowest BCUT2D eigenvalue weighted by molar-refractivity contribution is 0.102. The molecule has 1 N–H and O–H groups in total. The zero-order valence-corrected chi connectivity index (χ0v) is 14.0. The molecule has 0 aliphatic heterocycles. The molecule has 0 spiro atoms. The van der Waals surface area contributed by atoms with Gasteiger partial charge in [0.25, 0.3) is 5.91 Å². The van der Waals surface area contributed by atoms with E-state index in [0.717, 1.165) is 27.7 Å². The largest absolute Gasteiger partial charge is 0.496 e. The molecular weight excluding hydrogens is 330 g/mol. The minimum atomic E-state index is -0.134. The van der Waals surface area contributed by atoms with Gasteiger partial charge in [0.2, 0.25) is 0 Å². The van der Waals surface area contributed by atoms with Crippen LogP contribution >= 0.6 is 15.9 Å². The highest BCUT2D eigenvalue weighted by atomic mass is 79.9. The molecule has 0 atom stereocenters. The van der Waals surface area contributed by atoms with E-state index < -0.39 is 0 Å². The quantitative estimate of drug-likeness (QED) is 0.878. The molecule has 4 heteroatoms. The van der Waals surface area contributed by atoms with Crippen LogP contribution in [0.1, 0.15) is 28.4 Å². The molecular formula is C17H18BrNO2. The van der Waals surface area contributed by atoms with Crippen LogP contribution in [0.4, 0.5) is 5.69 Å². The fourth-order valence-electron chi connectivity index (χ4n) is 2.13. The van der Waals surface area contributed by atoms with Gasteiger partial charge in [-0.15, -0.1) is 0 Å². The van der Waals surface area contributed by atoms with Gasteiger partial charge in [0.05, 0.1) is 7.11 Å². The number of hydrogen-bond acceptors (Lipinski definition) is 2. The van der Waals surface area contributed by atoms with E-state index in [1.165, 1.54) is 0 Å². The number of carbonyl (C=O) groups excluding carboxylic acids is 1. The number of halogens is 1. The molecule has 21 heavy (non-hydrogen) atoms. The van der Waals surface area contributed by atoms with Gasteiger partial charge in [-0.2, -0.15) is 0 Å². The van der Waals surface area contributed by atoms with Gasteiger partial charge in [-0.3, -0.25) is 4.79 Å². The Labute approximate surface area is 133 Å². The van der Waals surface area contributed by atoms with Crippen molar-refractivity contribution in [1.82, 2.24) is 0 Å². The summed E-state index contributed by atoms with van der Waals surface area (Å²) in [7, 11) is 1.61. The predicted molar refractivity (Wildman–Crippen MR) is 89.2 cm³/mol. The van der Waals surface area contributed by atoms with Gasteiger partial charge >= 0.3 is 0 Å². The van der Waals surface area contributed by atoms with Crippen LogP contribution in [-0.2, 0) is 6.42 Å². The Bertz CT molecular complexity index is 668. The monoisotopic (exact) mass is 347 g/mol. The van der Waals surface area contributed by atoms with Gasteiger partial charge in [-0.1, -0.05) is 28.9 Å². The van der Waals surface area contributed by atoms with E-state index >= 15 is 0 Å². The van der Waals surface area contributed by atoms with Gasteiger partial charge in [0, 0.05) is 15.7 Å². The van der Waals surface area contributed by atoms with Gasteiger partial charge < -0.3 is 10.1 Å². The van der Waals surface area contributed by atoms with E-state index in [9.17, 15) is 4.79 Å². The molecule has 3 nitrogen and oxygen atoms in total. The molecule has 2 rings (SSSR count). The fraction of sp³-hybridized carbons (Fsp3) is 0.235. The van der Waals surface area contributed by atoms with E-state index in [2.05, 4.69) is 28.2 Å². The number of carbonyl (C=O) groups is 1. The summed E-state index contributed by atoms with van der Waals surface area (Å²) in [5, 5.41) is 2.96. The molecule has 0 unspecified atom stereocenters. The molecule has 0 saturated carbocycles. The highest BCUT2D eigenvalue weighted by Crippen LogP contribution is 2.23. The first-order chi connectivity index (χ1) is 10.0. The van der Waals surface area contributed by atoms with Gasteiger partial charge in [0.15, 0.2) is 0 Å². The number of hydrogen-bond donors (Lipinski definition) is 1. The first kappa shape index (κ1) is 15.6. The topological polar surface area (TPSA) is 38.3 Å². The summed E-state index contributed by atoms with van der Waals surface area (Å²) in [5.74, 6) is 0.583. The van der Waals surface area contributed by atoms with Gasteiger partial charge in [-0.25, -0.2) is 0 Å².